The van der Waals surface area contributed by atoms with Crippen LogP contribution in [0.1, 0.15) is 78.6 Å². The molecule has 4 aliphatic rings. The summed E-state index contributed by atoms with van der Waals surface area (Å²) in [4.78, 5) is 11.1. The number of aliphatic hydroxyl groups is 3. The van der Waals surface area contributed by atoms with Crippen LogP contribution in [0.2, 0.25) is 0 Å². The van der Waals surface area contributed by atoms with Crippen LogP contribution in [0.3, 0.4) is 0 Å². The van der Waals surface area contributed by atoms with Gasteiger partial charge in [-0.1, -0.05) is 20.8 Å². The zero-order valence-electron chi connectivity index (χ0n) is 18.3. The fourth-order valence-corrected chi connectivity index (χ4v) is 8.80. The second-order valence-electron chi connectivity index (χ2n) is 11.4. The van der Waals surface area contributed by atoms with Crippen LogP contribution in [-0.2, 0) is 4.79 Å². The minimum atomic E-state index is -0.713. The van der Waals surface area contributed by atoms with Gasteiger partial charge in [0.1, 0.15) is 0 Å². The summed E-state index contributed by atoms with van der Waals surface area (Å²) >= 11 is 0. The average molecular weight is 409 g/mol. The average Bonchev–Trinajstić information content (AvgIpc) is 2.99. The molecule has 11 atom stereocenters. The molecule has 4 saturated carbocycles. The van der Waals surface area contributed by atoms with Crippen LogP contribution in [0.5, 0.6) is 0 Å². The Morgan fingerprint density at radius 3 is 2.45 bits per heavy atom. The number of carboxylic acids is 1. The highest BCUT2D eigenvalue weighted by molar-refractivity contribution is 5.66. The van der Waals surface area contributed by atoms with Crippen molar-refractivity contribution in [3.05, 3.63) is 0 Å². The Kier molecular flexibility index (Phi) is 5.57. The van der Waals surface area contributed by atoms with E-state index in [9.17, 15) is 20.1 Å². The van der Waals surface area contributed by atoms with E-state index in [1.54, 1.807) is 0 Å². The van der Waals surface area contributed by atoms with E-state index >= 15 is 0 Å². The molecule has 0 bridgehead atoms. The van der Waals surface area contributed by atoms with Gasteiger partial charge in [-0.3, -0.25) is 4.79 Å². The predicted molar refractivity (Wildman–Crippen MR) is 110 cm³/mol. The van der Waals surface area contributed by atoms with E-state index in [-0.39, 0.29) is 35.2 Å². The van der Waals surface area contributed by atoms with Crippen molar-refractivity contribution in [2.75, 3.05) is 0 Å². The smallest absolute Gasteiger partial charge is 0.303 e. The highest BCUT2D eigenvalue weighted by Crippen LogP contribution is 2.68. The van der Waals surface area contributed by atoms with E-state index in [1.807, 2.05) is 0 Å². The maximum Gasteiger partial charge on any atom is 0.303 e. The number of hydrogen-bond donors (Lipinski definition) is 4. The molecule has 0 aromatic rings. The monoisotopic (exact) mass is 408 g/mol. The lowest BCUT2D eigenvalue weighted by molar-refractivity contribution is -0.212. The summed E-state index contributed by atoms with van der Waals surface area (Å²) in [7, 11) is 0. The molecule has 0 spiro atoms. The molecule has 4 aliphatic carbocycles. The zero-order valence-corrected chi connectivity index (χ0v) is 18.3. The third kappa shape index (κ3) is 3.27. The maximum atomic E-state index is 11.3. The summed E-state index contributed by atoms with van der Waals surface area (Å²) in [6.07, 6.45) is 5.88. The van der Waals surface area contributed by atoms with Crippen molar-refractivity contribution >= 4 is 5.97 Å². The van der Waals surface area contributed by atoms with Gasteiger partial charge in [-0.15, -0.1) is 0 Å². The summed E-state index contributed by atoms with van der Waals surface area (Å²) in [6.45, 7) is 6.83. The zero-order chi connectivity index (χ0) is 21.1. The lowest BCUT2D eigenvalue weighted by atomic mass is 9.43. The van der Waals surface area contributed by atoms with Crippen LogP contribution in [0.25, 0.3) is 0 Å². The first-order valence-electron chi connectivity index (χ1n) is 11.8. The van der Waals surface area contributed by atoms with E-state index in [4.69, 9.17) is 5.11 Å². The standard InChI is InChI=1S/C24H40O5/c1-13(4-7-21(28)29)16-5-6-17-22-18(8-9-23(16,17)2)24(3)14(11-19(22)26)10-15(25)12-20(24)27/h13-20,22,25-27H,4-12H2,1-3H3,(H,28,29)/t13-,14+,15+,16-,17+,18+,19-,20-,22+,23-,24+/m1/s1. The minimum absolute atomic E-state index is 0.155. The molecule has 166 valence electrons. The van der Waals surface area contributed by atoms with Gasteiger partial charge < -0.3 is 20.4 Å². The molecule has 5 heteroatoms. The van der Waals surface area contributed by atoms with Crippen LogP contribution in [-0.4, -0.2) is 44.7 Å². The number of fused-ring (bicyclic) bond motifs is 5. The summed E-state index contributed by atoms with van der Waals surface area (Å²) in [5.41, 5.74) is -0.0557. The molecule has 4 N–H and O–H groups in total. The molecule has 29 heavy (non-hydrogen) atoms. The second-order valence-corrected chi connectivity index (χ2v) is 11.4. The molecule has 0 aromatic heterocycles. The van der Waals surface area contributed by atoms with E-state index < -0.39 is 18.2 Å². The molecule has 4 rings (SSSR count). The fourth-order valence-electron chi connectivity index (χ4n) is 8.80. The van der Waals surface area contributed by atoms with Crippen molar-refractivity contribution in [2.24, 2.45) is 46.3 Å². The number of hydrogen-bond acceptors (Lipinski definition) is 4. The Labute approximate surface area is 174 Å². The summed E-state index contributed by atoms with van der Waals surface area (Å²) in [5, 5.41) is 41.6. The summed E-state index contributed by atoms with van der Waals surface area (Å²) in [6, 6.07) is 0. The Bertz CT molecular complexity index is 637. The van der Waals surface area contributed by atoms with Gasteiger partial charge in [0.15, 0.2) is 0 Å². The van der Waals surface area contributed by atoms with Gasteiger partial charge in [-0.25, -0.2) is 0 Å². The Hall–Kier alpha value is -0.650. The molecule has 0 unspecified atom stereocenters. The van der Waals surface area contributed by atoms with Crippen molar-refractivity contribution in [2.45, 2.75) is 96.9 Å². The van der Waals surface area contributed by atoms with Crippen molar-refractivity contribution in [1.29, 1.82) is 0 Å². The molecule has 0 aromatic carbocycles. The van der Waals surface area contributed by atoms with Crippen molar-refractivity contribution in [3.63, 3.8) is 0 Å². The van der Waals surface area contributed by atoms with Crippen molar-refractivity contribution in [1.82, 2.24) is 0 Å². The molecular weight excluding hydrogens is 368 g/mol. The number of aliphatic carboxylic acids is 1. The number of carboxylic acid groups (broad SMARTS) is 1. The van der Waals surface area contributed by atoms with Gasteiger partial charge in [0.05, 0.1) is 18.3 Å². The Balaban J connectivity index is 1.58. The highest BCUT2D eigenvalue weighted by atomic mass is 16.4. The predicted octanol–water partition coefficient (Wildman–Crippen LogP) is 3.45. The van der Waals surface area contributed by atoms with Crippen LogP contribution in [0, 0.1) is 46.3 Å². The van der Waals surface area contributed by atoms with Gasteiger partial charge in [0.2, 0.25) is 0 Å². The van der Waals surface area contributed by atoms with Crippen LogP contribution >= 0.6 is 0 Å². The first kappa shape index (κ1) is 21.6. The largest absolute Gasteiger partial charge is 0.481 e. The Morgan fingerprint density at radius 2 is 1.76 bits per heavy atom. The van der Waals surface area contributed by atoms with Gasteiger partial charge in [-0.2, -0.15) is 0 Å². The maximum absolute atomic E-state index is 11.3. The molecule has 4 fully saturated rings. The lowest BCUT2D eigenvalue weighted by Crippen LogP contribution is -2.62. The highest BCUT2D eigenvalue weighted by Gasteiger charge is 2.64. The Morgan fingerprint density at radius 1 is 1.03 bits per heavy atom. The number of carbonyl (C=O) groups is 1. The van der Waals surface area contributed by atoms with Gasteiger partial charge in [0, 0.05) is 6.42 Å². The van der Waals surface area contributed by atoms with E-state index in [0.717, 1.165) is 32.1 Å². The minimum Gasteiger partial charge on any atom is -0.481 e. The quantitative estimate of drug-likeness (QED) is 0.571. The molecular formula is C24H40O5. The first-order valence-corrected chi connectivity index (χ1v) is 11.8. The second kappa shape index (κ2) is 7.49. The topological polar surface area (TPSA) is 98.0 Å². The molecule has 0 radical (unpaired) electrons. The van der Waals surface area contributed by atoms with Crippen LogP contribution < -0.4 is 0 Å². The number of aliphatic hydroxyl groups excluding tert-OH is 3. The van der Waals surface area contributed by atoms with Gasteiger partial charge in [-0.05, 0) is 97.7 Å². The summed E-state index contributed by atoms with van der Waals surface area (Å²) in [5.74, 6) is 1.36. The van der Waals surface area contributed by atoms with Crippen LogP contribution in [0.4, 0.5) is 0 Å². The third-order valence-corrected chi connectivity index (χ3v) is 10.3. The fraction of sp³-hybridized carbons (Fsp3) is 0.958. The van der Waals surface area contributed by atoms with Crippen molar-refractivity contribution in [3.8, 4) is 0 Å². The van der Waals surface area contributed by atoms with E-state index in [0.29, 0.717) is 42.9 Å². The lowest BCUT2D eigenvalue weighted by Gasteiger charge is -2.63. The summed E-state index contributed by atoms with van der Waals surface area (Å²) < 4.78 is 0. The van der Waals surface area contributed by atoms with E-state index in [1.165, 1.54) is 0 Å². The van der Waals surface area contributed by atoms with Gasteiger partial charge in [0.25, 0.3) is 0 Å². The molecule has 0 heterocycles. The SMILES string of the molecule is C[C@H](CCC(=O)O)[C@H]1CC[C@H]2[C@@H]3[C@H](O)C[C@@H]4C[C@H](O)C[C@@H](O)[C@]4(C)[C@H]3CC[C@]12C. The molecule has 0 amide bonds. The van der Waals surface area contributed by atoms with Crippen LogP contribution in [0.15, 0.2) is 0 Å². The molecule has 0 saturated heterocycles. The normalized spacial score (nSPS) is 52.9. The third-order valence-electron chi connectivity index (χ3n) is 10.3. The van der Waals surface area contributed by atoms with Gasteiger partial charge >= 0.3 is 5.97 Å². The van der Waals surface area contributed by atoms with E-state index in [2.05, 4.69) is 20.8 Å². The molecule has 0 aliphatic heterocycles. The first-order chi connectivity index (χ1) is 13.6. The number of rotatable bonds is 4. The van der Waals surface area contributed by atoms with Crippen molar-refractivity contribution < 1.29 is 25.2 Å². The molecule has 5 nitrogen and oxygen atoms in total.